The fraction of sp³-hybridized carbons (Fsp3) is 1.00. The Hall–Kier alpha value is -0.0400. The summed E-state index contributed by atoms with van der Waals surface area (Å²) in [4.78, 5) is 0. The van der Waals surface area contributed by atoms with Crippen LogP contribution in [0, 0.1) is 11.8 Å². The van der Waals surface area contributed by atoms with E-state index in [0.717, 1.165) is 12.8 Å². The summed E-state index contributed by atoms with van der Waals surface area (Å²) < 4.78 is 0. The van der Waals surface area contributed by atoms with Crippen molar-refractivity contribution in [3.63, 3.8) is 0 Å². The monoisotopic (exact) mass is 188 g/mol. The molecule has 0 aromatic rings. The molecule has 0 aliphatic heterocycles. The molecule has 0 aromatic carbocycles. The largest absolute Gasteiger partial charge is 0.393 e. The van der Waals surface area contributed by atoms with Crippen LogP contribution >= 0.6 is 0 Å². The van der Waals surface area contributed by atoms with E-state index in [1.165, 1.54) is 12.8 Å². The lowest BCUT2D eigenvalue weighted by molar-refractivity contribution is 0.0674. The zero-order valence-corrected chi connectivity index (χ0v) is 9.01. The van der Waals surface area contributed by atoms with Crippen LogP contribution in [0.5, 0.6) is 0 Å². The van der Waals surface area contributed by atoms with Crippen LogP contribution in [0.3, 0.4) is 0 Å². The minimum absolute atomic E-state index is 0. The lowest BCUT2D eigenvalue weighted by Gasteiger charge is -2.25. The van der Waals surface area contributed by atoms with Gasteiger partial charge in [0.25, 0.3) is 0 Å². The van der Waals surface area contributed by atoms with Crippen LogP contribution in [-0.4, -0.2) is 11.2 Å². The van der Waals surface area contributed by atoms with E-state index in [2.05, 4.69) is 27.7 Å². The molecule has 0 amide bonds. The molecule has 2 atom stereocenters. The molecule has 0 heterocycles. The Morgan fingerprint density at radius 2 is 1.46 bits per heavy atom. The number of aliphatic hydroxyl groups excluding tert-OH is 1. The number of aliphatic hydroxyl groups is 1. The van der Waals surface area contributed by atoms with Gasteiger partial charge in [0, 0.05) is 0 Å². The predicted octanol–water partition coefficient (Wildman–Crippen LogP) is 3.86. The lowest BCUT2D eigenvalue weighted by atomic mass is 9.85. The molecule has 0 aliphatic rings. The fourth-order valence-corrected chi connectivity index (χ4v) is 1.81. The Morgan fingerprint density at radius 1 is 1.00 bits per heavy atom. The minimum atomic E-state index is -0.0741. The van der Waals surface area contributed by atoms with Crippen LogP contribution in [0.15, 0.2) is 0 Å². The van der Waals surface area contributed by atoms with Crippen LogP contribution < -0.4 is 0 Å². The summed E-state index contributed by atoms with van der Waals surface area (Å²) in [6.07, 6.45) is 4.33. The zero-order chi connectivity index (χ0) is 9.56. The molecule has 0 saturated heterocycles. The summed E-state index contributed by atoms with van der Waals surface area (Å²) in [7, 11) is 0. The molecule has 0 saturated carbocycles. The Balaban J connectivity index is 0. The quantitative estimate of drug-likeness (QED) is 0.671. The normalized spacial score (nSPS) is 15.2. The maximum absolute atomic E-state index is 9.81. The van der Waals surface area contributed by atoms with E-state index in [0.29, 0.717) is 11.8 Å². The van der Waals surface area contributed by atoms with Gasteiger partial charge < -0.3 is 5.11 Å². The highest BCUT2D eigenvalue weighted by Crippen LogP contribution is 2.23. The van der Waals surface area contributed by atoms with Gasteiger partial charge in [-0.3, -0.25) is 0 Å². The zero-order valence-electron chi connectivity index (χ0n) is 9.01. The van der Waals surface area contributed by atoms with Crippen molar-refractivity contribution < 1.29 is 5.11 Å². The molecule has 0 rings (SSSR count). The minimum Gasteiger partial charge on any atom is -0.393 e. The Bertz CT molecular complexity index is 99.3. The first-order valence-electron chi connectivity index (χ1n) is 5.31. The second kappa shape index (κ2) is 8.55. The summed E-state index contributed by atoms with van der Waals surface area (Å²) in [6.45, 7) is 8.74. The third kappa shape index (κ3) is 6.09. The standard InChI is InChI=1S/C11H24O.CH4/c1-5-7-10(9(3)4)11(12)8-6-2;/h9-12H,5-8H2,1-4H3;1H4/t10-,11+;/m0./s1. The average Bonchev–Trinajstić information content (AvgIpc) is 1.99. The van der Waals surface area contributed by atoms with Crippen molar-refractivity contribution in [1.82, 2.24) is 0 Å². The van der Waals surface area contributed by atoms with Gasteiger partial charge in [0.2, 0.25) is 0 Å². The molecule has 0 unspecified atom stereocenters. The fourth-order valence-electron chi connectivity index (χ4n) is 1.81. The Labute approximate surface area is 84.6 Å². The van der Waals surface area contributed by atoms with Gasteiger partial charge in [0.1, 0.15) is 0 Å². The predicted molar refractivity (Wildman–Crippen MR) is 60.9 cm³/mol. The van der Waals surface area contributed by atoms with Crippen molar-refractivity contribution in [3.8, 4) is 0 Å². The molecule has 1 nitrogen and oxygen atoms in total. The maximum Gasteiger partial charge on any atom is 0.0570 e. The SMILES string of the molecule is C.CCC[C@@H](O)[C@@H](CCC)C(C)C. The highest BCUT2D eigenvalue weighted by Gasteiger charge is 2.20. The molecule has 13 heavy (non-hydrogen) atoms. The molecule has 0 spiro atoms. The summed E-state index contributed by atoms with van der Waals surface area (Å²) in [5.41, 5.74) is 0. The topological polar surface area (TPSA) is 20.2 Å². The first kappa shape index (κ1) is 15.4. The van der Waals surface area contributed by atoms with Crippen LogP contribution in [-0.2, 0) is 0 Å². The smallest absolute Gasteiger partial charge is 0.0570 e. The third-order valence-corrected chi connectivity index (χ3v) is 2.56. The van der Waals surface area contributed by atoms with E-state index >= 15 is 0 Å². The van der Waals surface area contributed by atoms with Crippen molar-refractivity contribution in [2.75, 3.05) is 0 Å². The van der Waals surface area contributed by atoms with Crippen LogP contribution in [0.4, 0.5) is 0 Å². The van der Waals surface area contributed by atoms with Crippen molar-refractivity contribution in [2.24, 2.45) is 11.8 Å². The highest BCUT2D eigenvalue weighted by molar-refractivity contribution is 4.71. The van der Waals surface area contributed by atoms with E-state index < -0.39 is 0 Å². The van der Waals surface area contributed by atoms with Gasteiger partial charge in [-0.15, -0.1) is 0 Å². The second-order valence-corrected chi connectivity index (χ2v) is 4.05. The van der Waals surface area contributed by atoms with E-state index in [4.69, 9.17) is 0 Å². The summed E-state index contributed by atoms with van der Waals surface area (Å²) in [6, 6.07) is 0. The van der Waals surface area contributed by atoms with Crippen molar-refractivity contribution >= 4 is 0 Å². The molecule has 1 heteroatoms. The number of rotatable bonds is 6. The van der Waals surface area contributed by atoms with Crippen molar-refractivity contribution in [2.45, 2.75) is 66.9 Å². The first-order chi connectivity index (χ1) is 5.63. The molecule has 0 aromatic heterocycles. The summed E-state index contributed by atoms with van der Waals surface area (Å²) in [5.74, 6) is 1.13. The maximum atomic E-state index is 9.81. The van der Waals surface area contributed by atoms with Gasteiger partial charge in [0.05, 0.1) is 6.10 Å². The van der Waals surface area contributed by atoms with E-state index in [1.807, 2.05) is 0 Å². The van der Waals surface area contributed by atoms with Gasteiger partial charge in [-0.1, -0.05) is 48.0 Å². The van der Waals surface area contributed by atoms with Gasteiger partial charge in [-0.25, -0.2) is 0 Å². The molecule has 0 fully saturated rings. The molecule has 0 radical (unpaired) electrons. The molecular weight excluding hydrogens is 160 g/mol. The lowest BCUT2D eigenvalue weighted by Crippen LogP contribution is -2.24. The third-order valence-electron chi connectivity index (χ3n) is 2.56. The highest BCUT2D eigenvalue weighted by atomic mass is 16.3. The summed E-state index contributed by atoms with van der Waals surface area (Å²) in [5, 5.41) is 9.81. The molecular formula is C12H28O. The Morgan fingerprint density at radius 3 is 1.77 bits per heavy atom. The second-order valence-electron chi connectivity index (χ2n) is 4.05. The number of hydrogen-bond acceptors (Lipinski definition) is 1. The van der Waals surface area contributed by atoms with Crippen LogP contribution in [0.2, 0.25) is 0 Å². The van der Waals surface area contributed by atoms with E-state index in [9.17, 15) is 5.11 Å². The summed E-state index contributed by atoms with van der Waals surface area (Å²) >= 11 is 0. The molecule has 82 valence electrons. The van der Waals surface area contributed by atoms with Crippen molar-refractivity contribution in [3.05, 3.63) is 0 Å². The molecule has 1 N–H and O–H groups in total. The van der Waals surface area contributed by atoms with Gasteiger partial charge in [0.15, 0.2) is 0 Å². The van der Waals surface area contributed by atoms with Crippen molar-refractivity contribution in [1.29, 1.82) is 0 Å². The number of hydrogen-bond donors (Lipinski definition) is 1. The van der Waals surface area contributed by atoms with Gasteiger partial charge in [-0.2, -0.15) is 0 Å². The Kier molecular flexibility index (Phi) is 10.2. The van der Waals surface area contributed by atoms with Gasteiger partial charge >= 0.3 is 0 Å². The van der Waals surface area contributed by atoms with Gasteiger partial charge in [-0.05, 0) is 24.7 Å². The first-order valence-corrected chi connectivity index (χ1v) is 5.31. The molecule has 0 aliphatic carbocycles. The molecule has 0 bridgehead atoms. The van der Waals surface area contributed by atoms with E-state index in [-0.39, 0.29) is 13.5 Å². The van der Waals surface area contributed by atoms with Crippen LogP contribution in [0.1, 0.15) is 60.8 Å². The van der Waals surface area contributed by atoms with E-state index in [1.54, 1.807) is 0 Å². The average molecular weight is 188 g/mol. The van der Waals surface area contributed by atoms with Crippen LogP contribution in [0.25, 0.3) is 0 Å².